The Morgan fingerprint density at radius 1 is 1.30 bits per heavy atom. The maximum Gasteiger partial charge on any atom is 0.148 e. The molecule has 1 unspecified atom stereocenters. The van der Waals surface area contributed by atoms with Crippen LogP contribution in [0.2, 0.25) is 5.02 Å². The van der Waals surface area contributed by atoms with Crippen LogP contribution in [0.1, 0.15) is 29.2 Å². The highest BCUT2D eigenvalue weighted by molar-refractivity contribution is 6.30. The van der Waals surface area contributed by atoms with E-state index in [9.17, 15) is 4.39 Å². The van der Waals surface area contributed by atoms with E-state index in [4.69, 9.17) is 22.1 Å². The zero-order valence-electron chi connectivity index (χ0n) is 10.9. The molecule has 0 heterocycles. The van der Waals surface area contributed by atoms with E-state index < -0.39 is 5.82 Å². The molecule has 0 spiro atoms. The molecule has 104 valence electrons. The summed E-state index contributed by atoms with van der Waals surface area (Å²) in [6.07, 6.45) is 1.95. The summed E-state index contributed by atoms with van der Waals surface area (Å²) in [6.45, 7) is 0.164. The molecule has 0 saturated heterocycles. The van der Waals surface area contributed by atoms with Crippen molar-refractivity contribution in [2.75, 3.05) is 0 Å². The lowest BCUT2D eigenvalue weighted by Gasteiger charge is -2.10. The van der Waals surface area contributed by atoms with Crippen molar-refractivity contribution >= 4 is 11.6 Å². The molecule has 1 aliphatic rings. The molecule has 0 aromatic heterocycles. The topological polar surface area (TPSA) is 35.2 Å². The molecule has 0 bridgehead atoms. The van der Waals surface area contributed by atoms with Gasteiger partial charge < -0.3 is 10.5 Å². The molecule has 0 fully saturated rings. The first-order valence-electron chi connectivity index (χ1n) is 6.59. The van der Waals surface area contributed by atoms with Crippen LogP contribution in [0.25, 0.3) is 0 Å². The first-order valence-corrected chi connectivity index (χ1v) is 6.97. The first kappa shape index (κ1) is 13.4. The van der Waals surface area contributed by atoms with Gasteiger partial charge in [0, 0.05) is 11.6 Å². The van der Waals surface area contributed by atoms with Crippen LogP contribution in [0.3, 0.4) is 0 Å². The van der Waals surface area contributed by atoms with Crippen molar-refractivity contribution in [1.82, 2.24) is 0 Å². The normalized spacial score (nSPS) is 17.1. The van der Waals surface area contributed by atoms with Gasteiger partial charge in [0.15, 0.2) is 0 Å². The molecule has 0 amide bonds. The summed E-state index contributed by atoms with van der Waals surface area (Å²) in [7, 11) is 0. The molecule has 1 atom stereocenters. The van der Waals surface area contributed by atoms with E-state index >= 15 is 0 Å². The van der Waals surface area contributed by atoms with E-state index in [2.05, 4.69) is 0 Å². The van der Waals surface area contributed by atoms with Gasteiger partial charge in [0.05, 0.1) is 5.02 Å². The highest BCUT2D eigenvalue weighted by atomic mass is 35.5. The first-order chi connectivity index (χ1) is 9.65. The average molecular weight is 292 g/mol. The Bertz CT molecular complexity index is 644. The zero-order valence-corrected chi connectivity index (χ0v) is 11.7. The summed E-state index contributed by atoms with van der Waals surface area (Å²) in [5.41, 5.74) is 8.86. The van der Waals surface area contributed by atoms with Crippen LogP contribution in [-0.4, -0.2) is 0 Å². The van der Waals surface area contributed by atoms with Crippen molar-refractivity contribution in [3.05, 3.63) is 63.9 Å². The van der Waals surface area contributed by atoms with Crippen molar-refractivity contribution in [2.24, 2.45) is 5.73 Å². The number of hydrogen-bond acceptors (Lipinski definition) is 2. The molecule has 1 aliphatic carbocycles. The van der Waals surface area contributed by atoms with Gasteiger partial charge in [-0.25, -0.2) is 4.39 Å². The Morgan fingerprint density at radius 2 is 2.15 bits per heavy atom. The highest BCUT2D eigenvalue weighted by Crippen LogP contribution is 2.32. The Hall–Kier alpha value is -1.58. The maximum absolute atomic E-state index is 13.7. The number of benzene rings is 2. The third-order valence-electron chi connectivity index (χ3n) is 3.66. The van der Waals surface area contributed by atoms with E-state index in [-0.39, 0.29) is 17.7 Å². The van der Waals surface area contributed by atoms with Crippen LogP contribution in [0.4, 0.5) is 4.39 Å². The van der Waals surface area contributed by atoms with Crippen molar-refractivity contribution in [1.29, 1.82) is 0 Å². The minimum absolute atomic E-state index is 0.117. The molecule has 2 nitrogen and oxygen atoms in total. The van der Waals surface area contributed by atoms with Crippen LogP contribution >= 0.6 is 11.6 Å². The van der Waals surface area contributed by atoms with Gasteiger partial charge in [-0.05, 0) is 42.2 Å². The average Bonchev–Trinajstić information content (AvgIpc) is 2.82. The number of nitrogens with two attached hydrogens (primary N) is 1. The standard InChI is InChI=1S/C16H15ClFNO/c17-14-3-1-2-11(16(14)18)9-20-12-5-6-13-10(8-12)4-7-15(13)19/h1-3,5-6,8,15H,4,7,9,19H2. The SMILES string of the molecule is NC1CCc2cc(OCc3cccc(Cl)c3F)ccc21. The number of hydrogen-bond donors (Lipinski definition) is 1. The molecular formula is C16H15ClFNO. The minimum atomic E-state index is -0.419. The quantitative estimate of drug-likeness (QED) is 0.927. The summed E-state index contributed by atoms with van der Waals surface area (Å²) in [4.78, 5) is 0. The van der Waals surface area contributed by atoms with Crippen LogP contribution in [0.5, 0.6) is 5.75 Å². The van der Waals surface area contributed by atoms with Crippen LogP contribution in [-0.2, 0) is 13.0 Å². The summed E-state index contributed by atoms with van der Waals surface area (Å²) in [5.74, 6) is 0.314. The molecular weight excluding hydrogens is 277 g/mol. The van der Waals surface area contributed by atoms with Gasteiger partial charge in [-0.15, -0.1) is 0 Å². The predicted molar refractivity (Wildman–Crippen MR) is 77.4 cm³/mol. The Morgan fingerprint density at radius 3 is 3.00 bits per heavy atom. The largest absolute Gasteiger partial charge is 0.489 e. The maximum atomic E-state index is 13.7. The third-order valence-corrected chi connectivity index (χ3v) is 3.96. The Labute approximate surface area is 122 Å². The molecule has 20 heavy (non-hydrogen) atoms. The fourth-order valence-corrected chi connectivity index (χ4v) is 2.73. The summed E-state index contributed by atoms with van der Waals surface area (Å²) >= 11 is 5.74. The number of aryl methyl sites for hydroxylation is 1. The Balaban J connectivity index is 1.74. The van der Waals surface area contributed by atoms with Crippen LogP contribution in [0, 0.1) is 5.82 Å². The summed E-state index contributed by atoms with van der Waals surface area (Å²) in [6, 6.07) is 10.9. The molecule has 0 saturated carbocycles. The highest BCUT2D eigenvalue weighted by Gasteiger charge is 2.19. The summed E-state index contributed by atoms with van der Waals surface area (Å²) < 4.78 is 19.4. The van der Waals surface area contributed by atoms with Crippen LogP contribution in [0.15, 0.2) is 36.4 Å². The van der Waals surface area contributed by atoms with E-state index in [1.807, 2.05) is 18.2 Å². The predicted octanol–water partition coefficient (Wildman–Crippen LogP) is 4.00. The minimum Gasteiger partial charge on any atom is -0.489 e. The van der Waals surface area contributed by atoms with E-state index in [1.165, 1.54) is 17.2 Å². The smallest absolute Gasteiger partial charge is 0.148 e. The third kappa shape index (κ3) is 2.51. The number of rotatable bonds is 3. The van der Waals surface area contributed by atoms with Gasteiger partial charge in [0.2, 0.25) is 0 Å². The molecule has 2 N–H and O–H groups in total. The number of fused-ring (bicyclic) bond motifs is 1. The second kappa shape index (κ2) is 5.43. The molecule has 2 aromatic carbocycles. The molecule has 4 heteroatoms. The lowest BCUT2D eigenvalue weighted by Crippen LogP contribution is -2.05. The van der Waals surface area contributed by atoms with Gasteiger partial charge >= 0.3 is 0 Å². The number of ether oxygens (including phenoxy) is 1. The van der Waals surface area contributed by atoms with Gasteiger partial charge in [0.25, 0.3) is 0 Å². The second-order valence-electron chi connectivity index (χ2n) is 5.01. The lowest BCUT2D eigenvalue weighted by atomic mass is 10.1. The second-order valence-corrected chi connectivity index (χ2v) is 5.41. The van der Waals surface area contributed by atoms with Gasteiger partial charge in [-0.3, -0.25) is 0 Å². The molecule has 3 rings (SSSR count). The Kier molecular flexibility index (Phi) is 3.64. The monoisotopic (exact) mass is 291 g/mol. The van der Waals surface area contributed by atoms with Gasteiger partial charge in [0.1, 0.15) is 18.2 Å². The molecule has 0 radical (unpaired) electrons. The molecule has 0 aliphatic heterocycles. The van der Waals surface area contributed by atoms with Crippen molar-refractivity contribution < 1.29 is 9.13 Å². The van der Waals surface area contributed by atoms with Gasteiger partial charge in [-0.2, -0.15) is 0 Å². The zero-order chi connectivity index (χ0) is 14.1. The number of halogens is 2. The van der Waals surface area contributed by atoms with Crippen molar-refractivity contribution in [2.45, 2.75) is 25.5 Å². The van der Waals surface area contributed by atoms with Crippen molar-refractivity contribution in [3.63, 3.8) is 0 Å². The van der Waals surface area contributed by atoms with Crippen molar-refractivity contribution in [3.8, 4) is 5.75 Å². The fourth-order valence-electron chi connectivity index (χ4n) is 2.54. The van der Waals surface area contributed by atoms with Crippen LogP contribution < -0.4 is 10.5 Å². The van der Waals surface area contributed by atoms with E-state index in [1.54, 1.807) is 12.1 Å². The molecule has 2 aromatic rings. The van der Waals surface area contributed by atoms with E-state index in [0.717, 1.165) is 18.6 Å². The van der Waals surface area contributed by atoms with Gasteiger partial charge in [-0.1, -0.05) is 29.8 Å². The summed E-state index contributed by atoms with van der Waals surface area (Å²) in [5, 5.41) is 0.117. The fraction of sp³-hybridized carbons (Fsp3) is 0.250. The van der Waals surface area contributed by atoms with E-state index in [0.29, 0.717) is 5.56 Å². The lowest BCUT2D eigenvalue weighted by molar-refractivity contribution is 0.299.